The Morgan fingerprint density at radius 2 is 1.68 bits per heavy atom. The Bertz CT molecular complexity index is 797. The van der Waals surface area contributed by atoms with E-state index in [-0.39, 0.29) is 5.91 Å². The van der Waals surface area contributed by atoms with Crippen LogP contribution in [0.15, 0.2) is 60.7 Å². The number of allylic oxidation sites excluding steroid dienone is 2. The lowest BCUT2D eigenvalue weighted by Gasteiger charge is -2.11. The fraction of sp³-hybridized carbons (Fsp3) is 0.150. The zero-order chi connectivity index (χ0) is 15.9. The van der Waals surface area contributed by atoms with E-state index in [9.17, 15) is 4.79 Å². The molecule has 0 bridgehead atoms. The van der Waals surface area contributed by atoms with Crippen molar-refractivity contribution in [1.29, 1.82) is 0 Å². The number of hydrogen-bond donors (Lipinski definition) is 0. The summed E-state index contributed by atoms with van der Waals surface area (Å²) < 4.78 is 0. The lowest BCUT2D eigenvalue weighted by atomic mass is 9.93. The van der Waals surface area contributed by atoms with Gasteiger partial charge < -0.3 is 4.90 Å². The summed E-state index contributed by atoms with van der Waals surface area (Å²) in [5, 5.41) is 0. The first-order valence-corrected chi connectivity index (χ1v) is 7.35. The Kier molecular flexibility index (Phi) is 3.45. The molecule has 2 nitrogen and oxygen atoms in total. The molecule has 22 heavy (non-hydrogen) atoms. The van der Waals surface area contributed by atoms with Gasteiger partial charge in [-0.05, 0) is 36.6 Å². The number of carbonyl (C=O) groups is 1. The van der Waals surface area contributed by atoms with E-state index in [1.807, 2.05) is 38.2 Å². The molecule has 2 aromatic carbocycles. The van der Waals surface area contributed by atoms with E-state index in [4.69, 9.17) is 0 Å². The number of para-hydroxylation sites is 1. The summed E-state index contributed by atoms with van der Waals surface area (Å²) in [6.07, 6.45) is 0. The second kappa shape index (κ2) is 5.30. The van der Waals surface area contributed by atoms with Gasteiger partial charge in [-0.2, -0.15) is 0 Å². The minimum absolute atomic E-state index is 0.0342. The largest absolute Gasteiger partial charge is 0.311 e. The molecular weight excluding hydrogens is 270 g/mol. The maximum absolute atomic E-state index is 12.6. The second-order valence-electron chi connectivity index (χ2n) is 5.73. The highest BCUT2D eigenvalue weighted by Crippen LogP contribution is 2.40. The molecule has 1 amide bonds. The quantitative estimate of drug-likeness (QED) is 0.748. The smallest absolute Gasteiger partial charge is 0.259 e. The first kappa shape index (κ1) is 14.3. The van der Waals surface area contributed by atoms with Crippen LogP contribution in [0.1, 0.15) is 23.6 Å². The number of likely N-dealkylation sites (N-methyl/N-ethyl adjacent to an activating group) is 1. The Labute approximate surface area is 131 Å². The highest BCUT2D eigenvalue weighted by Gasteiger charge is 2.31. The third-order valence-electron chi connectivity index (χ3n) is 4.28. The molecule has 2 aromatic rings. The zero-order valence-corrected chi connectivity index (χ0v) is 13.2. The van der Waals surface area contributed by atoms with Crippen molar-refractivity contribution in [2.45, 2.75) is 13.8 Å². The van der Waals surface area contributed by atoms with Crippen LogP contribution in [0, 0.1) is 6.92 Å². The Hall–Kier alpha value is -2.61. The predicted molar refractivity (Wildman–Crippen MR) is 92.7 cm³/mol. The second-order valence-corrected chi connectivity index (χ2v) is 5.73. The molecule has 2 heteroatoms. The summed E-state index contributed by atoms with van der Waals surface area (Å²) in [5.41, 5.74) is 6.79. The fourth-order valence-corrected chi connectivity index (χ4v) is 2.85. The van der Waals surface area contributed by atoms with E-state index < -0.39 is 0 Å². The van der Waals surface area contributed by atoms with Crippen LogP contribution in [0.3, 0.4) is 0 Å². The van der Waals surface area contributed by atoms with Gasteiger partial charge in [-0.3, -0.25) is 4.79 Å². The number of amides is 1. The van der Waals surface area contributed by atoms with Crippen molar-refractivity contribution in [1.82, 2.24) is 0 Å². The van der Waals surface area contributed by atoms with Gasteiger partial charge in [0.25, 0.3) is 5.91 Å². The van der Waals surface area contributed by atoms with Crippen molar-refractivity contribution in [3.63, 3.8) is 0 Å². The summed E-state index contributed by atoms with van der Waals surface area (Å²) in [6.45, 7) is 8.24. The van der Waals surface area contributed by atoms with Crippen LogP contribution in [-0.2, 0) is 4.79 Å². The molecule has 0 aliphatic carbocycles. The van der Waals surface area contributed by atoms with Crippen LogP contribution in [0.25, 0.3) is 11.1 Å². The number of nitrogens with zero attached hydrogens (tertiary/aromatic N) is 1. The maximum Gasteiger partial charge on any atom is 0.259 e. The Morgan fingerprint density at radius 1 is 1.05 bits per heavy atom. The van der Waals surface area contributed by atoms with Crippen LogP contribution in [0.5, 0.6) is 0 Å². The average Bonchev–Trinajstić information content (AvgIpc) is 2.79. The van der Waals surface area contributed by atoms with Gasteiger partial charge in [-0.25, -0.2) is 0 Å². The fourth-order valence-electron chi connectivity index (χ4n) is 2.85. The van der Waals surface area contributed by atoms with Gasteiger partial charge in [-0.1, -0.05) is 54.6 Å². The molecule has 1 heterocycles. The molecule has 1 aliphatic rings. The SMILES string of the molecule is C=C(/C(C)=C1\C(=O)N(C)c2ccccc21)c1ccc(C)cc1. The van der Waals surface area contributed by atoms with Crippen LogP contribution >= 0.6 is 0 Å². The van der Waals surface area contributed by atoms with Gasteiger partial charge in [0.05, 0.1) is 11.3 Å². The van der Waals surface area contributed by atoms with E-state index in [2.05, 4.69) is 37.8 Å². The normalized spacial score (nSPS) is 15.8. The third-order valence-corrected chi connectivity index (χ3v) is 4.28. The lowest BCUT2D eigenvalue weighted by Crippen LogP contribution is -2.20. The van der Waals surface area contributed by atoms with Crippen molar-refractivity contribution >= 4 is 22.7 Å². The molecule has 0 fully saturated rings. The third kappa shape index (κ3) is 2.17. The molecule has 0 atom stereocenters. The van der Waals surface area contributed by atoms with Crippen molar-refractivity contribution < 1.29 is 4.79 Å². The molecule has 0 saturated heterocycles. The summed E-state index contributed by atoms with van der Waals surface area (Å²) in [7, 11) is 1.82. The van der Waals surface area contributed by atoms with Gasteiger partial charge >= 0.3 is 0 Å². The van der Waals surface area contributed by atoms with Crippen LogP contribution in [0.2, 0.25) is 0 Å². The van der Waals surface area contributed by atoms with E-state index in [0.29, 0.717) is 0 Å². The van der Waals surface area contributed by atoms with E-state index in [1.165, 1.54) is 5.56 Å². The number of carbonyl (C=O) groups excluding carboxylic acids is 1. The number of hydrogen-bond acceptors (Lipinski definition) is 1. The van der Waals surface area contributed by atoms with Crippen molar-refractivity contribution in [3.8, 4) is 0 Å². The Morgan fingerprint density at radius 3 is 2.36 bits per heavy atom. The van der Waals surface area contributed by atoms with Gasteiger partial charge in [0.1, 0.15) is 0 Å². The van der Waals surface area contributed by atoms with E-state index in [1.54, 1.807) is 4.90 Å². The summed E-state index contributed by atoms with van der Waals surface area (Å²) in [5.74, 6) is 0.0342. The van der Waals surface area contributed by atoms with E-state index in [0.717, 1.165) is 33.5 Å². The molecule has 1 aliphatic heterocycles. The molecule has 0 saturated carbocycles. The number of fused-ring (bicyclic) bond motifs is 1. The maximum atomic E-state index is 12.6. The number of rotatable bonds is 2. The lowest BCUT2D eigenvalue weighted by molar-refractivity contribution is -0.112. The van der Waals surface area contributed by atoms with Crippen LogP contribution in [-0.4, -0.2) is 13.0 Å². The summed E-state index contributed by atoms with van der Waals surface area (Å²) >= 11 is 0. The van der Waals surface area contributed by atoms with Gasteiger partial charge in [-0.15, -0.1) is 0 Å². The molecule has 3 rings (SSSR count). The monoisotopic (exact) mass is 289 g/mol. The number of anilines is 1. The summed E-state index contributed by atoms with van der Waals surface area (Å²) in [6, 6.07) is 16.1. The van der Waals surface area contributed by atoms with Crippen molar-refractivity contribution in [2.24, 2.45) is 0 Å². The first-order chi connectivity index (χ1) is 10.5. The molecule has 0 radical (unpaired) electrons. The molecule has 0 aromatic heterocycles. The van der Waals surface area contributed by atoms with Crippen molar-refractivity contribution in [2.75, 3.05) is 11.9 Å². The summed E-state index contributed by atoms with van der Waals surface area (Å²) in [4.78, 5) is 14.3. The molecule has 0 spiro atoms. The minimum atomic E-state index is 0.0342. The number of aryl methyl sites for hydroxylation is 1. The minimum Gasteiger partial charge on any atom is -0.311 e. The molecule has 0 N–H and O–H groups in total. The Balaban J connectivity index is 2.11. The molecule has 110 valence electrons. The average molecular weight is 289 g/mol. The van der Waals surface area contributed by atoms with Gasteiger partial charge in [0.2, 0.25) is 0 Å². The van der Waals surface area contributed by atoms with Crippen LogP contribution < -0.4 is 4.90 Å². The predicted octanol–water partition coefficient (Wildman–Crippen LogP) is 4.46. The van der Waals surface area contributed by atoms with Crippen molar-refractivity contribution in [3.05, 3.63) is 77.4 Å². The number of benzene rings is 2. The van der Waals surface area contributed by atoms with Crippen LogP contribution in [0.4, 0.5) is 5.69 Å². The first-order valence-electron chi connectivity index (χ1n) is 7.35. The van der Waals surface area contributed by atoms with E-state index >= 15 is 0 Å². The molecule has 0 unspecified atom stereocenters. The topological polar surface area (TPSA) is 20.3 Å². The highest BCUT2D eigenvalue weighted by molar-refractivity contribution is 6.34. The van der Waals surface area contributed by atoms with Gasteiger partial charge in [0.15, 0.2) is 0 Å². The highest BCUT2D eigenvalue weighted by atomic mass is 16.2. The zero-order valence-electron chi connectivity index (χ0n) is 13.2. The van der Waals surface area contributed by atoms with Gasteiger partial charge in [0, 0.05) is 12.6 Å². The molecular formula is C20H19NO. The standard InChI is InChI=1S/C20H19NO/c1-13-9-11-16(12-10-13)14(2)15(3)19-17-7-5-6-8-18(17)21(4)20(19)22/h5-12H,2H2,1,3-4H3/b19-15-.